The summed E-state index contributed by atoms with van der Waals surface area (Å²) in [7, 11) is -3.94. The predicted octanol–water partition coefficient (Wildman–Crippen LogP) is 4.85. The van der Waals surface area contributed by atoms with Crippen LogP contribution < -0.4 is 14.4 Å². The Morgan fingerprint density at radius 3 is 2.34 bits per heavy atom. The van der Waals surface area contributed by atoms with E-state index in [2.05, 4.69) is 5.32 Å². The minimum Gasteiger partial charge on any atom is -0.491 e. The van der Waals surface area contributed by atoms with E-state index < -0.39 is 15.9 Å². The van der Waals surface area contributed by atoms with Gasteiger partial charge in [0.15, 0.2) is 0 Å². The van der Waals surface area contributed by atoms with Gasteiger partial charge in [-0.2, -0.15) is 0 Å². The molecule has 6 nitrogen and oxygen atoms in total. The molecule has 0 unspecified atom stereocenters. The number of nitrogens with zero attached hydrogens (tertiary/aromatic N) is 1. The van der Waals surface area contributed by atoms with Crippen LogP contribution in [-0.4, -0.2) is 34.0 Å². The third-order valence-electron chi connectivity index (χ3n) is 5.83. The van der Waals surface area contributed by atoms with Crippen LogP contribution in [0.25, 0.3) is 10.8 Å². The highest BCUT2D eigenvalue weighted by Gasteiger charge is 2.27. The van der Waals surface area contributed by atoms with E-state index in [1.165, 1.54) is 12.1 Å². The molecule has 7 heteroatoms. The van der Waals surface area contributed by atoms with Gasteiger partial charge in [0.1, 0.15) is 18.9 Å². The molecule has 4 aromatic carbocycles. The zero-order chi connectivity index (χ0) is 24.8. The van der Waals surface area contributed by atoms with Crippen LogP contribution in [0.3, 0.4) is 0 Å². The molecule has 1 N–H and O–H groups in total. The lowest BCUT2D eigenvalue weighted by atomic mass is 10.1. The quantitative estimate of drug-likeness (QED) is 0.342. The number of amides is 1. The van der Waals surface area contributed by atoms with Gasteiger partial charge in [-0.25, -0.2) is 8.42 Å². The molecule has 4 rings (SSSR count). The Morgan fingerprint density at radius 1 is 0.857 bits per heavy atom. The molecule has 0 aliphatic carbocycles. The molecule has 0 spiro atoms. The van der Waals surface area contributed by atoms with E-state index in [1.54, 1.807) is 30.3 Å². The molecule has 0 aliphatic heterocycles. The van der Waals surface area contributed by atoms with Crippen molar-refractivity contribution in [3.8, 4) is 5.75 Å². The maximum Gasteiger partial charge on any atom is 0.264 e. The number of sulfonamides is 1. The van der Waals surface area contributed by atoms with Gasteiger partial charge in [0, 0.05) is 5.39 Å². The van der Waals surface area contributed by atoms with E-state index >= 15 is 0 Å². The van der Waals surface area contributed by atoms with E-state index in [1.807, 2.05) is 62.4 Å². The van der Waals surface area contributed by atoms with E-state index in [4.69, 9.17) is 4.74 Å². The number of benzene rings is 4. The molecule has 35 heavy (non-hydrogen) atoms. The third kappa shape index (κ3) is 5.63. The number of nitrogens with one attached hydrogen (secondary N) is 1. The molecule has 0 saturated carbocycles. The number of carbonyl (C=O) groups is 1. The molecule has 0 radical (unpaired) electrons. The van der Waals surface area contributed by atoms with Gasteiger partial charge in [-0.15, -0.1) is 0 Å². The molecule has 0 bridgehead atoms. The fourth-order valence-electron chi connectivity index (χ4n) is 3.77. The molecule has 4 aromatic rings. The second kappa shape index (κ2) is 10.6. The van der Waals surface area contributed by atoms with Gasteiger partial charge in [-0.05, 0) is 60.7 Å². The largest absolute Gasteiger partial charge is 0.491 e. The lowest BCUT2D eigenvalue weighted by Crippen LogP contribution is -2.42. The van der Waals surface area contributed by atoms with Crippen LogP contribution >= 0.6 is 0 Å². The Labute approximate surface area is 206 Å². The monoisotopic (exact) mass is 488 g/mol. The van der Waals surface area contributed by atoms with Gasteiger partial charge < -0.3 is 10.1 Å². The lowest BCUT2D eigenvalue weighted by molar-refractivity contribution is -0.119. The highest BCUT2D eigenvalue weighted by Crippen LogP contribution is 2.26. The summed E-state index contributed by atoms with van der Waals surface area (Å²) in [6.07, 6.45) is 0. The normalized spacial score (nSPS) is 11.3. The SMILES string of the molecule is Cc1ccc(N(CC(=O)NCCOc2cccc3ccccc23)S(=O)(=O)c2ccccc2)cc1C. The van der Waals surface area contributed by atoms with Crippen molar-refractivity contribution >= 4 is 32.4 Å². The number of anilines is 1. The maximum absolute atomic E-state index is 13.4. The average molecular weight is 489 g/mol. The van der Waals surface area contributed by atoms with Gasteiger partial charge in [0.05, 0.1) is 17.1 Å². The van der Waals surface area contributed by atoms with Gasteiger partial charge in [-0.3, -0.25) is 9.10 Å². The van der Waals surface area contributed by atoms with Crippen molar-refractivity contribution in [1.29, 1.82) is 0 Å². The number of rotatable bonds is 9. The van der Waals surface area contributed by atoms with Gasteiger partial charge in [0.25, 0.3) is 10.0 Å². The Hall–Kier alpha value is -3.84. The molecule has 180 valence electrons. The summed E-state index contributed by atoms with van der Waals surface area (Å²) in [6, 6.07) is 27.2. The highest BCUT2D eigenvalue weighted by atomic mass is 32.2. The van der Waals surface area contributed by atoms with Gasteiger partial charge in [-0.1, -0.05) is 60.7 Å². The smallest absolute Gasteiger partial charge is 0.264 e. The van der Waals surface area contributed by atoms with Crippen LogP contribution in [0.15, 0.2) is 95.9 Å². The molecular formula is C28H28N2O4S. The van der Waals surface area contributed by atoms with Crippen LogP contribution in [0.1, 0.15) is 11.1 Å². The van der Waals surface area contributed by atoms with E-state index in [0.29, 0.717) is 5.69 Å². The van der Waals surface area contributed by atoms with Crippen molar-refractivity contribution < 1.29 is 17.9 Å². The number of hydrogen-bond donors (Lipinski definition) is 1. The Bertz CT molecular complexity index is 1430. The van der Waals surface area contributed by atoms with Crippen molar-refractivity contribution in [2.45, 2.75) is 18.7 Å². The zero-order valence-corrected chi connectivity index (χ0v) is 20.6. The Morgan fingerprint density at radius 2 is 1.57 bits per heavy atom. The van der Waals surface area contributed by atoms with E-state index in [-0.39, 0.29) is 24.6 Å². The molecule has 0 heterocycles. The van der Waals surface area contributed by atoms with Crippen LogP contribution in [0.5, 0.6) is 5.75 Å². The number of aryl methyl sites for hydroxylation is 2. The molecule has 0 saturated heterocycles. The minimum atomic E-state index is -3.94. The fourth-order valence-corrected chi connectivity index (χ4v) is 5.21. The summed E-state index contributed by atoms with van der Waals surface area (Å²) in [5.41, 5.74) is 2.43. The lowest BCUT2D eigenvalue weighted by Gasteiger charge is -2.25. The van der Waals surface area contributed by atoms with Crippen LogP contribution in [-0.2, 0) is 14.8 Å². The molecule has 0 aromatic heterocycles. The standard InChI is InChI=1S/C28H28N2O4S/c1-21-15-16-24(19-22(21)2)30(35(32,33)25-11-4-3-5-12-25)20-28(31)29-17-18-34-27-14-8-10-23-9-6-7-13-26(23)27/h3-16,19H,17-18,20H2,1-2H3,(H,29,31). The van der Waals surface area contributed by atoms with Crippen molar-refractivity contribution in [2.75, 3.05) is 24.0 Å². The third-order valence-corrected chi connectivity index (χ3v) is 7.62. The first-order valence-electron chi connectivity index (χ1n) is 11.4. The predicted molar refractivity (Wildman–Crippen MR) is 139 cm³/mol. The topological polar surface area (TPSA) is 75.7 Å². The van der Waals surface area contributed by atoms with Crippen molar-refractivity contribution in [3.63, 3.8) is 0 Å². The maximum atomic E-state index is 13.4. The zero-order valence-electron chi connectivity index (χ0n) is 19.8. The van der Waals surface area contributed by atoms with Gasteiger partial charge in [0.2, 0.25) is 5.91 Å². The van der Waals surface area contributed by atoms with Crippen LogP contribution in [0.4, 0.5) is 5.69 Å². The van der Waals surface area contributed by atoms with Crippen molar-refractivity contribution in [1.82, 2.24) is 5.32 Å². The Balaban J connectivity index is 1.45. The highest BCUT2D eigenvalue weighted by molar-refractivity contribution is 7.92. The summed E-state index contributed by atoms with van der Waals surface area (Å²) in [6.45, 7) is 4.03. The number of carbonyl (C=O) groups excluding carboxylic acids is 1. The molecule has 0 aliphatic rings. The molecular weight excluding hydrogens is 460 g/mol. The molecule has 0 atom stereocenters. The van der Waals surface area contributed by atoms with Crippen LogP contribution in [0.2, 0.25) is 0 Å². The molecule has 0 fully saturated rings. The van der Waals surface area contributed by atoms with E-state index in [9.17, 15) is 13.2 Å². The first kappa shape index (κ1) is 24.3. The number of hydrogen-bond acceptors (Lipinski definition) is 4. The first-order valence-corrected chi connectivity index (χ1v) is 12.8. The summed E-state index contributed by atoms with van der Waals surface area (Å²) in [5, 5.41) is 4.85. The van der Waals surface area contributed by atoms with Gasteiger partial charge >= 0.3 is 0 Å². The second-order valence-corrected chi connectivity index (χ2v) is 10.1. The number of fused-ring (bicyclic) bond motifs is 1. The van der Waals surface area contributed by atoms with Crippen molar-refractivity contribution in [2.24, 2.45) is 0 Å². The number of ether oxygens (including phenoxy) is 1. The second-order valence-electron chi connectivity index (χ2n) is 8.27. The van der Waals surface area contributed by atoms with Crippen molar-refractivity contribution in [3.05, 3.63) is 102 Å². The minimum absolute atomic E-state index is 0.130. The molecule has 1 amide bonds. The average Bonchev–Trinajstić information content (AvgIpc) is 2.87. The summed E-state index contributed by atoms with van der Waals surface area (Å²) in [4.78, 5) is 12.9. The summed E-state index contributed by atoms with van der Waals surface area (Å²) >= 11 is 0. The van der Waals surface area contributed by atoms with Crippen LogP contribution in [0, 0.1) is 13.8 Å². The first-order chi connectivity index (χ1) is 16.9. The summed E-state index contributed by atoms with van der Waals surface area (Å²) < 4.78 is 33.9. The Kier molecular flexibility index (Phi) is 7.36. The summed E-state index contributed by atoms with van der Waals surface area (Å²) in [5.74, 6) is 0.324. The van der Waals surface area contributed by atoms with E-state index in [0.717, 1.165) is 32.0 Å². The fraction of sp³-hybridized carbons (Fsp3) is 0.179.